The van der Waals surface area contributed by atoms with Crippen molar-refractivity contribution in [3.05, 3.63) is 59.7 Å². The van der Waals surface area contributed by atoms with E-state index in [0.717, 1.165) is 5.56 Å². The van der Waals surface area contributed by atoms with Crippen LogP contribution in [0.25, 0.3) is 0 Å². The molecule has 0 unspecified atom stereocenters. The number of hydrogen-bond donors (Lipinski definition) is 1. The number of amides is 1. The zero-order chi connectivity index (χ0) is 17.5. The lowest BCUT2D eigenvalue weighted by Crippen LogP contribution is -2.39. The Morgan fingerprint density at radius 1 is 1.12 bits per heavy atom. The highest BCUT2D eigenvalue weighted by Crippen LogP contribution is 2.21. The van der Waals surface area contributed by atoms with Crippen LogP contribution < -0.4 is 14.8 Å². The molecule has 0 aliphatic carbocycles. The molecule has 0 saturated carbocycles. The summed E-state index contributed by atoms with van der Waals surface area (Å²) in [5, 5.41) is 3.02. The summed E-state index contributed by atoms with van der Waals surface area (Å²) in [4.78, 5) is 12.5. The Kier molecular flexibility index (Phi) is 6.24. The third-order valence-electron chi connectivity index (χ3n) is 3.92. The normalized spacial score (nSPS) is 13.0. The maximum Gasteiger partial charge on any atom is 0.261 e. The second-order valence-corrected chi connectivity index (χ2v) is 5.83. The summed E-state index contributed by atoms with van der Waals surface area (Å²) in [7, 11) is 1.60. The van der Waals surface area contributed by atoms with Crippen LogP contribution in [0.4, 0.5) is 0 Å². The molecule has 0 bridgehead atoms. The number of nitrogens with one attached hydrogen (secondary N) is 1. The molecule has 0 fully saturated rings. The Labute approximate surface area is 143 Å². The second kappa shape index (κ2) is 8.39. The molecule has 4 nitrogen and oxygen atoms in total. The third-order valence-corrected chi connectivity index (χ3v) is 3.92. The van der Waals surface area contributed by atoms with Gasteiger partial charge in [-0.3, -0.25) is 4.79 Å². The maximum atomic E-state index is 12.5. The van der Waals surface area contributed by atoms with Gasteiger partial charge in [0, 0.05) is 6.07 Å². The maximum absolute atomic E-state index is 12.5. The SMILES string of the molecule is CC[C@@H](Oc1cccc(OC)c1)C(=O)N[C@@H](C)c1ccc(C)cc1. The van der Waals surface area contributed by atoms with E-state index < -0.39 is 6.10 Å². The highest BCUT2D eigenvalue weighted by molar-refractivity contribution is 5.81. The van der Waals surface area contributed by atoms with Crippen LogP contribution in [0, 0.1) is 6.92 Å². The van der Waals surface area contributed by atoms with Gasteiger partial charge >= 0.3 is 0 Å². The quantitative estimate of drug-likeness (QED) is 0.835. The van der Waals surface area contributed by atoms with Gasteiger partial charge in [0.05, 0.1) is 13.2 Å². The number of aryl methyl sites for hydroxylation is 1. The molecular formula is C20H25NO3. The average molecular weight is 327 g/mol. The van der Waals surface area contributed by atoms with Crippen molar-refractivity contribution < 1.29 is 14.3 Å². The Morgan fingerprint density at radius 2 is 1.79 bits per heavy atom. The van der Waals surface area contributed by atoms with Gasteiger partial charge in [0.2, 0.25) is 0 Å². The fraction of sp³-hybridized carbons (Fsp3) is 0.350. The van der Waals surface area contributed by atoms with Crippen molar-refractivity contribution >= 4 is 5.91 Å². The van der Waals surface area contributed by atoms with Gasteiger partial charge in [0.1, 0.15) is 11.5 Å². The molecule has 0 radical (unpaired) electrons. The van der Waals surface area contributed by atoms with Crippen LogP contribution in [0.1, 0.15) is 37.4 Å². The average Bonchev–Trinajstić information content (AvgIpc) is 2.60. The largest absolute Gasteiger partial charge is 0.497 e. The monoisotopic (exact) mass is 327 g/mol. The van der Waals surface area contributed by atoms with Crippen molar-refractivity contribution in [2.75, 3.05) is 7.11 Å². The molecule has 4 heteroatoms. The van der Waals surface area contributed by atoms with Crippen LogP contribution in [0.3, 0.4) is 0 Å². The van der Waals surface area contributed by atoms with E-state index >= 15 is 0 Å². The van der Waals surface area contributed by atoms with Crippen molar-refractivity contribution in [2.45, 2.75) is 39.3 Å². The molecule has 0 aliphatic rings. The fourth-order valence-electron chi connectivity index (χ4n) is 2.41. The lowest BCUT2D eigenvalue weighted by Gasteiger charge is -2.21. The number of ether oxygens (including phenoxy) is 2. The number of hydrogen-bond acceptors (Lipinski definition) is 3. The first-order valence-corrected chi connectivity index (χ1v) is 8.21. The number of carbonyl (C=O) groups excluding carboxylic acids is 1. The summed E-state index contributed by atoms with van der Waals surface area (Å²) >= 11 is 0. The zero-order valence-electron chi connectivity index (χ0n) is 14.7. The van der Waals surface area contributed by atoms with Gasteiger partial charge in [0.25, 0.3) is 5.91 Å². The van der Waals surface area contributed by atoms with E-state index in [1.54, 1.807) is 13.2 Å². The lowest BCUT2D eigenvalue weighted by atomic mass is 10.1. The van der Waals surface area contributed by atoms with Gasteiger partial charge < -0.3 is 14.8 Å². The number of rotatable bonds is 7. The van der Waals surface area contributed by atoms with Crippen LogP contribution in [0.15, 0.2) is 48.5 Å². The molecule has 0 aromatic heterocycles. The summed E-state index contributed by atoms with van der Waals surface area (Å²) < 4.78 is 11.0. The van der Waals surface area contributed by atoms with E-state index in [4.69, 9.17) is 9.47 Å². The summed E-state index contributed by atoms with van der Waals surface area (Å²) in [6, 6.07) is 15.4. The van der Waals surface area contributed by atoms with E-state index in [-0.39, 0.29) is 11.9 Å². The highest BCUT2D eigenvalue weighted by atomic mass is 16.5. The smallest absolute Gasteiger partial charge is 0.261 e. The summed E-state index contributed by atoms with van der Waals surface area (Å²) in [5.74, 6) is 1.21. The minimum absolute atomic E-state index is 0.0685. The highest BCUT2D eigenvalue weighted by Gasteiger charge is 2.20. The van der Waals surface area contributed by atoms with Crippen LogP contribution in [-0.4, -0.2) is 19.1 Å². The molecular weight excluding hydrogens is 302 g/mol. The van der Waals surface area contributed by atoms with Crippen molar-refractivity contribution in [1.29, 1.82) is 0 Å². The summed E-state index contributed by atoms with van der Waals surface area (Å²) in [6.07, 6.45) is 0.0499. The van der Waals surface area contributed by atoms with Gasteiger partial charge in [0.15, 0.2) is 6.10 Å². The molecule has 1 amide bonds. The van der Waals surface area contributed by atoms with Crippen LogP contribution in [-0.2, 0) is 4.79 Å². The number of methoxy groups -OCH3 is 1. The van der Waals surface area contributed by atoms with Crippen molar-refractivity contribution in [2.24, 2.45) is 0 Å². The lowest BCUT2D eigenvalue weighted by molar-refractivity contribution is -0.128. The predicted octanol–water partition coefficient (Wildman–Crippen LogP) is 4.04. The first-order chi connectivity index (χ1) is 11.5. The van der Waals surface area contributed by atoms with Crippen LogP contribution in [0.5, 0.6) is 11.5 Å². The van der Waals surface area contributed by atoms with Crippen molar-refractivity contribution in [3.63, 3.8) is 0 Å². The summed E-state index contributed by atoms with van der Waals surface area (Å²) in [5.41, 5.74) is 2.27. The minimum Gasteiger partial charge on any atom is -0.497 e. The third kappa shape index (κ3) is 4.75. The first kappa shape index (κ1) is 17.9. The number of carbonyl (C=O) groups is 1. The van der Waals surface area contributed by atoms with E-state index in [1.165, 1.54) is 5.56 Å². The van der Waals surface area contributed by atoms with E-state index in [2.05, 4.69) is 5.32 Å². The van der Waals surface area contributed by atoms with Crippen LogP contribution in [0.2, 0.25) is 0 Å². The Balaban J connectivity index is 2.01. The topological polar surface area (TPSA) is 47.6 Å². The van der Waals surface area contributed by atoms with Gasteiger partial charge in [-0.15, -0.1) is 0 Å². The van der Waals surface area contributed by atoms with Gasteiger partial charge in [-0.1, -0.05) is 42.8 Å². The fourth-order valence-corrected chi connectivity index (χ4v) is 2.41. The molecule has 128 valence electrons. The van der Waals surface area contributed by atoms with E-state index in [9.17, 15) is 4.79 Å². The molecule has 0 aliphatic heterocycles. The predicted molar refractivity (Wildman–Crippen MR) is 95.4 cm³/mol. The van der Waals surface area contributed by atoms with E-state index in [1.807, 2.05) is 63.2 Å². The van der Waals surface area contributed by atoms with Gasteiger partial charge in [-0.05, 0) is 38.0 Å². The minimum atomic E-state index is -0.537. The van der Waals surface area contributed by atoms with Crippen molar-refractivity contribution in [3.8, 4) is 11.5 Å². The Morgan fingerprint density at radius 3 is 2.42 bits per heavy atom. The van der Waals surface area contributed by atoms with Crippen molar-refractivity contribution in [1.82, 2.24) is 5.32 Å². The molecule has 2 atom stereocenters. The molecule has 0 heterocycles. The second-order valence-electron chi connectivity index (χ2n) is 5.83. The molecule has 2 aromatic rings. The van der Waals surface area contributed by atoms with Gasteiger partial charge in [-0.25, -0.2) is 0 Å². The zero-order valence-corrected chi connectivity index (χ0v) is 14.7. The molecule has 2 aromatic carbocycles. The molecule has 1 N–H and O–H groups in total. The van der Waals surface area contributed by atoms with Crippen LogP contribution >= 0.6 is 0 Å². The molecule has 0 saturated heterocycles. The molecule has 2 rings (SSSR count). The molecule has 24 heavy (non-hydrogen) atoms. The standard InChI is InChI=1S/C20H25NO3/c1-5-19(24-18-8-6-7-17(13-18)23-4)20(22)21-15(3)16-11-9-14(2)10-12-16/h6-13,15,19H,5H2,1-4H3,(H,21,22)/t15-,19+/m0/s1. The number of benzene rings is 2. The first-order valence-electron chi connectivity index (χ1n) is 8.21. The van der Waals surface area contributed by atoms with E-state index in [0.29, 0.717) is 17.9 Å². The Hall–Kier alpha value is -2.49. The summed E-state index contributed by atoms with van der Waals surface area (Å²) in [6.45, 7) is 5.95. The van der Waals surface area contributed by atoms with Gasteiger partial charge in [-0.2, -0.15) is 0 Å². The Bertz CT molecular complexity index is 667. The molecule has 0 spiro atoms.